The first-order valence-corrected chi connectivity index (χ1v) is 18.2. The SMILES string of the molecule is CC(C)C[C@@H]1NC(=O)[C@@H](NC(=O)[C@H](Cc2cccc(F)c2)NC(=O)CCCN)CCCCNC(=O)C[C@@H](C(N)=O)NC(=O)[C@H](CCCN=C(N)N)NC1=O. The van der Waals surface area contributed by atoms with E-state index in [1.807, 2.05) is 13.8 Å². The van der Waals surface area contributed by atoms with Crippen molar-refractivity contribution in [2.75, 3.05) is 19.6 Å². The first-order valence-electron chi connectivity index (χ1n) is 18.2. The number of carbonyl (C=O) groups excluding carboxylic acids is 7. The van der Waals surface area contributed by atoms with Crippen LogP contribution in [-0.4, -0.2) is 97.2 Å². The fraction of sp³-hybridized carbons (Fsp3) is 0.600. The summed E-state index contributed by atoms with van der Waals surface area (Å²) in [7, 11) is 0. The van der Waals surface area contributed by atoms with Crippen LogP contribution in [-0.2, 0) is 40.0 Å². The summed E-state index contributed by atoms with van der Waals surface area (Å²) >= 11 is 0. The van der Waals surface area contributed by atoms with E-state index in [0.717, 1.165) is 0 Å². The van der Waals surface area contributed by atoms with E-state index in [1.54, 1.807) is 6.07 Å². The summed E-state index contributed by atoms with van der Waals surface area (Å²) in [6.45, 7) is 4.14. The molecule has 300 valence electrons. The first-order chi connectivity index (χ1) is 25.6. The number of hydrogen-bond donors (Lipinski definition) is 10. The third-order valence-electron chi connectivity index (χ3n) is 8.43. The Morgan fingerprint density at radius 1 is 0.963 bits per heavy atom. The van der Waals surface area contributed by atoms with Gasteiger partial charge >= 0.3 is 0 Å². The number of guanidine groups is 1. The van der Waals surface area contributed by atoms with E-state index in [2.05, 4.69) is 36.9 Å². The van der Waals surface area contributed by atoms with Gasteiger partial charge in [0.2, 0.25) is 41.4 Å². The lowest BCUT2D eigenvalue weighted by atomic mass is 10.00. The molecule has 0 saturated carbocycles. The van der Waals surface area contributed by atoms with Gasteiger partial charge in [-0.05, 0) is 75.1 Å². The van der Waals surface area contributed by atoms with E-state index in [9.17, 15) is 38.0 Å². The normalized spacial score (nSPS) is 21.0. The second-order valence-electron chi connectivity index (χ2n) is 13.6. The van der Waals surface area contributed by atoms with Crippen molar-refractivity contribution in [3.05, 3.63) is 35.6 Å². The topological polar surface area (TPSA) is 308 Å². The van der Waals surface area contributed by atoms with Gasteiger partial charge in [0.05, 0.1) is 6.42 Å². The maximum absolute atomic E-state index is 14.0. The number of nitrogens with one attached hydrogen (secondary N) is 6. The number of nitrogens with two attached hydrogens (primary N) is 4. The molecule has 1 heterocycles. The summed E-state index contributed by atoms with van der Waals surface area (Å²) in [4.78, 5) is 96.4. The van der Waals surface area contributed by atoms with Crippen LogP contribution in [0.5, 0.6) is 0 Å². The second-order valence-corrected chi connectivity index (χ2v) is 13.6. The van der Waals surface area contributed by atoms with Crippen LogP contribution in [0.2, 0.25) is 0 Å². The Balaban J connectivity index is 2.44. The van der Waals surface area contributed by atoms with E-state index in [4.69, 9.17) is 22.9 Å². The van der Waals surface area contributed by atoms with Gasteiger partial charge in [-0.25, -0.2) is 4.39 Å². The van der Waals surface area contributed by atoms with Gasteiger partial charge in [0.15, 0.2) is 5.96 Å². The molecule has 0 radical (unpaired) electrons. The molecule has 54 heavy (non-hydrogen) atoms. The molecule has 14 N–H and O–H groups in total. The van der Waals surface area contributed by atoms with Crippen LogP contribution >= 0.6 is 0 Å². The Labute approximate surface area is 314 Å². The maximum Gasteiger partial charge on any atom is 0.243 e. The number of benzene rings is 1. The monoisotopic (exact) mass is 761 g/mol. The minimum Gasteiger partial charge on any atom is -0.370 e. The van der Waals surface area contributed by atoms with E-state index in [0.29, 0.717) is 24.8 Å². The summed E-state index contributed by atoms with van der Waals surface area (Å²) in [6, 6.07) is -0.662. The molecule has 7 amide bonds. The molecule has 0 spiro atoms. The fourth-order valence-electron chi connectivity index (χ4n) is 5.65. The Bertz CT molecular complexity index is 1490. The number of hydrogen-bond acceptors (Lipinski definition) is 9. The molecule has 19 heteroatoms. The lowest BCUT2D eigenvalue weighted by molar-refractivity contribution is -0.135. The zero-order valence-electron chi connectivity index (χ0n) is 31.0. The molecule has 1 aliphatic heterocycles. The predicted molar refractivity (Wildman–Crippen MR) is 198 cm³/mol. The van der Waals surface area contributed by atoms with Crippen LogP contribution in [0.3, 0.4) is 0 Å². The van der Waals surface area contributed by atoms with Crippen LogP contribution in [0.15, 0.2) is 29.3 Å². The van der Waals surface area contributed by atoms with Gasteiger partial charge in [-0.3, -0.25) is 38.6 Å². The summed E-state index contributed by atoms with van der Waals surface area (Å²) in [5.74, 6) is -5.79. The Hall–Kier alpha value is -5.33. The molecule has 1 aromatic carbocycles. The molecule has 0 unspecified atom stereocenters. The van der Waals surface area contributed by atoms with Crippen molar-refractivity contribution in [2.45, 2.75) is 108 Å². The van der Waals surface area contributed by atoms with Crippen molar-refractivity contribution in [1.29, 1.82) is 0 Å². The summed E-state index contributed by atoms with van der Waals surface area (Å²) in [6.07, 6.45) is 0.951. The standard InChI is InChI=1S/C35H56FN11O7/c1-20(2)16-26-33(53)45-24(11-7-15-42-35(39)40)31(51)46-25(30(38)50)19-29(49)41-14-4-3-10-23(32(52)47-26)44-34(54)27(43-28(48)12-6-13-37)18-21-8-5-9-22(36)17-21/h5,8-9,17,20,23-27H,3-4,6-7,10-16,18-19,37H2,1-2H3,(H2,38,50)(H,41,49)(H,43,48)(H,44,54)(H,45,53)(H,46,51)(H,47,52)(H4,39,40,42)/t23-,24-,25-,26-,27-/m0/s1. The summed E-state index contributed by atoms with van der Waals surface area (Å²) in [5, 5.41) is 15.8. The number of carbonyl (C=O) groups is 7. The van der Waals surface area contributed by atoms with Crippen molar-refractivity contribution in [1.82, 2.24) is 31.9 Å². The van der Waals surface area contributed by atoms with E-state index >= 15 is 0 Å². The van der Waals surface area contributed by atoms with Gasteiger partial charge in [-0.1, -0.05) is 26.0 Å². The predicted octanol–water partition coefficient (Wildman–Crippen LogP) is -2.19. The molecule has 5 atom stereocenters. The molecule has 1 aliphatic rings. The third-order valence-corrected chi connectivity index (χ3v) is 8.43. The average Bonchev–Trinajstić information content (AvgIpc) is 3.09. The zero-order chi connectivity index (χ0) is 40.2. The highest BCUT2D eigenvalue weighted by atomic mass is 19.1. The van der Waals surface area contributed by atoms with Crippen molar-refractivity contribution in [3.8, 4) is 0 Å². The zero-order valence-corrected chi connectivity index (χ0v) is 31.0. The van der Waals surface area contributed by atoms with Gasteiger partial charge in [0.1, 0.15) is 36.0 Å². The lowest BCUT2D eigenvalue weighted by Crippen LogP contribution is -2.59. The smallest absolute Gasteiger partial charge is 0.243 e. The Morgan fingerprint density at radius 2 is 1.67 bits per heavy atom. The number of rotatable bonds is 15. The number of primary amides is 1. The lowest BCUT2D eigenvalue weighted by Gasteiger charge is -2.27. The molecular formula is C35H56FN11O7. The quantitative estimate of drug-likeness (QED) is 0.0523. The highest BCUT2D eigenvalue weighted by molar-refractivity contribution is 5.97. The molecule has 0 aromatic heterocycles. The van der Waals surface area contributed by atoms with Gasteiger partial charge in [-0.15, -0.1) is 0 Å². The fourth-order valence-corrected chi connectivity index (χ4v) is 5.65. The maximum atomic E-state index is 14.0. The molecule has 1 fully saturated rings. The minimum atomic E-state index is -1.38. The summed E-state index contributed by atoms with van der Waals surface area (Å²) in [5.41, 5.74) is 22.3. The Kier molecular flexibility index (Phi) is 19.4. The molecular weight excluding hydrogens is 705 g/mol. The highest BCUT2D eigenvalue weighted by Gasteiger charge is 2.33. The second kappa shape index (κ2) is 23.4. The van der Waals surface area contributed by atoms with Crippen molar-refractivity contribution in [2.24, 2.45) is 33.8 Å². The van der Waals surface area contributed by atoms with Gasteiger partial charge < -0.3 is 54.8 Å². The number of amides is 7. The van der Waals surface area contributed by atoms with E-state index in [-0.39, 0.29) is 70.0 Å². The number of halogens is 1. The Morgan fingerprint density at radius 3 is 2.31 bits per heavy atom. The van der Waals surface area contributed by atoms with Crippen LogP contribution in [0.25, 0.3) is 0 Å². The van der Waals surface area contributed by atoms with Crippen molar-refractivity contribution < 1.29 is 38.0 Å². The average molecular weight is 762 g/mol. The highest BCUT2D eigenvalue weighted by Crippen LogP contribution is 2.12. The van der Waals surface area contributed by atoms with Crippen LogP contribution in [0.1, 0.15) is 77.2 Å². The van der Waals surface area contributed by atoms with Crippen LogP contribution in [0.4, 0.5) is 4.39 Å². The molecule has 1 saturated heterocycles. The van der Waals surface area contributed by atoms with Crippen molar-refractivity contribution in [3.63, 3.8) is 0 Å². The van der Waals surface area contributed by atoms with Gasteiger partial charge in [0, 0.05) is 25.9 Å². The number of aliphatic imine (C=N–C) groups is 1. The van der Waals surface area contributed by atoms with Gasteiger partial charge in [0.25, 0.3) is 0 Å². The summed E-state index contributed by atoms with van der Waals surface area (Å²) < 4.78 is 14.0. The minimum absolute atomic E-state index is 0.0107. The molecule has 0 bridgehead atoms. The first kappa shape index (κ1) is 44.8. The molecule has 0 aliphatic carbocycles. The van der Waals surface area contributed by atoms with E-state index in [1.165, 1.54) is 18.2 Å². The number of nitrogens with zero attached hydrogens (tertiary/aromatic N) is 1. The molecule has 1 aromatic rings. The largest absolute Gasteiger partial charge is 0.370 e. The molecule has 2 rings (SSSR count). The van der Waals surface area contributed by atoms with Crippen LogP contribution < -0.4 is 54.8 Å². The third kappa shape index (κ3) is 17.0. The van der Waals surface area contributed by atoms with Crippen molar-refractivity contribution >= 4 is 47.3 Å². The van der Waals surface area contributed by atoms with Crippen LogP contribution in [0, 0.1) is 11.7 Å². The van der Waals surface area contributed by atoms with E-state index < -0.39 is 83.8 Å². The molecule has 18 nitrogen and oxygen atoms in total. The van der Waals surface area contributed by atoms with Gasteiger partial charge in [-0.2, -0.15) is 0 Å².